The van der Waals surface area contributed by atoms with Crippen LogP contribution in [-0.2, 0) is 6.42 Å². The Balaban J connectivity index is 2.12. The van der Waals surface area contributed by atoms with Gasteiger partial charge in [0.15, 0.2) is 0 Å². The number of ether oxygens (including phenoxy) is 1. The minimum atomic E-state index is 0.523. The van der Waals surface area contributed by atoms with Gasteiger partial charge in [0.2, 0.25) is 0 Å². The maximum atomic E-state index is 9.11. The zero-order chi connectivity index (χ0) is 14.4. The van der Waals surface area contributed by atoms with Crippen LogP contribution in [0.5, 0.6) is 11.5 Å². The molecule has 0 amide bonds. The topological polar surface area (TPSA) is 33.0 Å². The minimum Gasteiger partial charge on any atom is -0.456 e. The third kappa shape index (κ3) is 3.85. The molecule has 0 N–H and O–H groups in total. The molecule has 20 heavy (non-hydrogen) atoms. The van der Waals surface area contributed by atoms with Crippen molar-refractivity contribution in [2.24, 2.45) is 0 Å². The fraction of sp³-hybridized carbons (Fsp3) is 0.235. The Morgan fingerprint density at radius 1 is 1.15 bits per heavy atom. The average molecular weight is 330 g/mol. The first-order chi connectivity index (χ1) is 9.72. The highest BCUT2D eigenvalue weighted by Crippen LogP contribution is 2.27. The van der Waals surface area contributed by atoms with Gasteiger partial charge in [0.1, 0.15) is 17.6 Å². The molecule has 0 aliphatic carbocycles. The van der Waals surface area contributed by atoms with Crippen molar-refractivity contribution in [1.29, 1.82) is 5.26 Å². The fourth-order valence-electron chi connectivity index (χ4n) is 1.91. The number of hydrogen-bond acceptors (Lipinski definition) is 2. The average Bonchev–Trinajstić information content (AvgIpc) is 2.48. The smallest absolute Gasteiger partial charge is 0.145 e. The summed E-state index contributed by atoms with van der Waals surface area (Å²) >= 11 is 3.35. The van der Waals surface area contributed by atoms with E-state index in [-0.39, 0.29) is 0 Å². The van der Waals surface area contributed by atoms with E-state index in [1.807, 2.05) is 18.2 Å². The second-order valence-corrected chi connectivity index (χ2v) is 5.52. The maximum Gasteiger partial charge on any atom is 0.145 e. The maximum absolute atomic E-state index is 9.11. The monoisotopic (exact) mass is 329 g/mol. The lowest BCUT2D eigenvalue weighted by molar-refractivity contribution is 0.480. The summed E-state index contributed by atoms with van der Waals surface area (Å²) in [6.07, 6.45) is 3.49. The van der Waals surface area contributed by atoms with E-state index in [4.69, 9.17) is 10.00 Å². The summed E-state index contributed by atoms with van der Waals surface area (Å²) in [5.74, 6) is 1.33. The van der Waals surface area contributed by atoms with Crippen molar-refractivity contribution < 1.29 is 4.74 Å². The molecular formula is C17H16BrNO. The van der Waals surface area contributed by atoms with Crippen LogP contribution in [0.4, 0.5) is 0 Å². The molecule has 0 spiro atoms. The van der Waals surface area contributed by atoms with Gasteiger partial charge in [-0.2, -0.15) is 5.26 Å². The molecule has 2 rings (SSSR count). The summed E-state index contributed by atoms with van der Waals surface area (Å²) in [5, 5.41) is 9.11. The molecule has 0 bridgehead atoms. The Kier molecular flexibility index (Phi) is 5.20. The van der Waals surface area contributed by atoms with E-state index >= 15 is 0 Å². The second kappa shape index (κ2) is 7.12. The molecule has 2 nitrogen and oxygen atoms in total. The van der Waals surface area contributed by atoms with E-state index in [9.17, 15) is 0 Å². The lowest BCUT2D eigenvalue weighted by Gasteiger charge is -2.08. The van der Waals surface area contributed by atoms with Crippen LogP contribution in [0.3, 0.4) is 0 Å². The van der Waals surface area contributed by atoms with Crippen molar-refractivity contribution in [3.05, 3.63) is 58.1 Å². The van der Waals surface area contributed by atoms with Crippen LogP contribution in [0.1, 0.15) is 30.9 Å². The van der Waals surface area contributed by atoms with Gasteiger partial charge in [-0.3, -0.25) is 0 Å². The van der Waals surface area contributed by atoms with Crippen LogP contribution in [0.15, 0.2) is 46.9 Å². The van der Waals surface area contributed by atoms with Gasteiger partial charge >= 0.3 is 0 Å². The van der Waals surface area contributed by atoms with Gasteiger partial charge < -0.3 is 4.74 Å². The van der Waals surface area contributed by atoms with Crippen LogP contribution in [0, 0.1) is 11.3 Å². The molecule has 0 saturated carbocycles. The zero-order valence-corrected chi connectivity index (χ0v) is 13.0. The molecule has 0 aliphatic heterocycles. The highest BCUT2D eigenvalue weighted by Gasteiger charge is 2.05. The number of aryl methyl sites for hydroxylation is 1. The van der Waals surface area contributed by atoms with Gasteiger partial charge in [0.05, 0.1) is 5.56 Å². The van der Waals surface area contributed by atoms with Gasteiger partial charge in [0, 0.05) is 4.47 Å². The van der Waals surface area contributed by atoms with Crippen LogP contribution >= 0.6 is 15.9 Å². The summed E-state index contributed by atoms with van der Waals surface area (Å²) < 4.78 is 6.64. The second-order valence-electron chi connectivity index (χ2n) is 4.60. The Hall–Kier alpha value is -1.79. The number of nitrogens with zero attached hydrogens (tertiary/aromatic N) is 1. The van der Waals surface area contributed by atoms with E-state index in [1.54, 1.807) is 12.1 Å². The van der Waals surface area contributed by atoms with Crippen molar-refractivity contribution in [2.45, 2.75) is 26.2 Å². The molecule has 2 aromatic rings. The zero-order valence-electron chi connectivity index (χ0n) is 11.4. The number of nitriles is 1. The van der Waals surface area contributed by atoms with Gasteiger partial charge in [-0.25, -0.2) is 0 Å². The first-order valence-corrected chi connectivity index (χ1v) is 7.48. The highest BCUT2D eigenvalue weighted by molar-refractivity contribution is 9.10. The number of benzene rings is 2. The fourth-order valence-corrected chi connectivity index (χ4v) is 2.27. The summed E-state index contributed by atoms with van der Waals surface area (Å²) in [4.78, 5) is 0. The molecule has 0 aromatic heterocycles. The van der Waals surface area contributed by atoms with E-state index in [0.717, 1.165) is 16.6 Å². The molecule has 0 aliphatic rings. The minimum absolute atomic E-state index is 0.523. The molecule has 0 atom stereocenters. The summed E-state index contributed by atoms with van der Waals surface area (Å²) in [5.41, 5.74) is 1.84. The standard InChI is InChI=1S/C17H16BrNO/c1-2-3-4-13-5-8-16(9-6-13)20-17-10-7-15(18)11-14(17)12-19/h5-11H,2-4H2,1H3. The third-order valence-corrected chi connectivity index (χ3v) is 3.53. The Bertz CT molecular complexity index is 614. The normalized spacial score (nSPS) is 10.1. The van der Waals surface area contributed by atoms with Gasteiger partial charge in [-0.15, -0.1) is 0 Å². The van der Waals surface area contributed by atoms with Crippen molar-refractivity contribution in [3.63, 3.8) is 0 Å². The predicted octanol–water partition coefficient (Wildman–Crippen LogP) is 5.46. The van der Waals surface area contributed by atoms with Crippen molar-refractivity contribution in [2.75, 3.05) is 0 Å². The SMILES string of the molecule is CCCCc1ccc(Oc2ccc(Br)cc2C#N)cc1. The molecule has 0 radical (unpaired) electrons. The van der Waals surface area contributed by atoms with Crippen LogP contribution in [-0.4, -0.2) is 0 Å². The Morgan fingerprint density at radius 2 is 1.90 bits per heavy atom. The van der Waals surface area contributed by atoms with Crippen molar-refractivity contribution >= 4 is 15.9 Å². The lowest BCUT2D eigenvalue weighted by Crippen LogP contribution is -1.89. The Morgan fingerprint density at radius 3 is 2.55 bits per heavy atom. The third-order valence-electron chi connectivity index (χ3n) is 3.03. The van der Waals surface area contributed by atoms with E-state index < -0.39 is 0 Å². The van der Waals surface area contributed by atoms with Crippen LogP contribution in [0.25, 0.3) is 0 Å². The number of rotatable bonds is 5. The van der Waals surface area contributed by atoms with Gasteiger partial charge in [-0.05, 0) is 48.7 Å². The quantitative estimate of drug-likeness (QED) is 0.730. The van der Waals surface area contributed by atoms with E-state index in [0.29, 0.717) is 11.3 Å². The number of hydrogen-bond donors (Lipinski definition) is 0. The van der Waals surface area contributed by atoms with Crippen LogP contribution < -0.4 is 4.74 Å². The lowest BCUT2D eigenvalue weighted by atomic mass is 10.1. The molecule has 0 heterocycles. The molecule has 2 aromatic carbocycles. The first-order valence-electron chi connectivity index (χ1n) is 6.69. The molecule has 0 unspecified atom stereocenters. The van der Waals surface area contributed by atoms with Gasteiger partial charge in [0.25, 0.3) is 0 Å². The van der Waals surface area contributed by atoms with Crippen molar-refractivity contribution in [1.82, 2.24) is 0 Å². The Labute approximate surface area is 128 Å². The first kappa shape index (κ1) is 14.6. The summed E-state index contributed by atoms with van der Waals surface area (Å²) in [6.45, 7) is 2.19. The largest absolute Gasteiger partial charge is 0.456 e. The molecule has 102 valence electrons. The summed E-state index contributed by atoms with van der Waals surface area (Å²) in [7, 11) is 0. The highest BCUT2D eigenvalue weighted by atomic mass is 79.9. The molecule has 3 heteroatoms. The van der Waals surface area contributed by atoms with Crippen LogP contribution in [0.2, 0.25) is 0 Å². The van der Waals surface area contributed by atoms with Gasteiger partial charge in [-0.1, -0.05) is 41.4 Å². The predicted molar refractivity (Wildman–Crippen MR) is 84.0 cm³/mol. The molecule has 0 fully saturated rings. The van der Waals surface area contributed by atoms with E-state index in [2.05, 4.69) is 41.1 Å². The number of unbranched alkanes of at least 4 members (excludes halogenated alkanes) is 1. The molecule has 0 saturated heterocycles. The summed E-state index contributed by atoms with van der Waals surface area (Å²) in [6, 6.07) is 15.6. The van der Waals surface area contributed by atoms with E-state index in [1.165, 1.54) is 18.4 Å². The molecular weight excluding hydrogens is 314 g/mol. The van der Waals surface area contributed by atoms with Crippen molar-refractivity contribution in [3.8, 4) is 17.6 Å². The number of halogens is 1.